The lowest BCUT2D eigenvalue weighted by molar-refractivity contribution is -0.0831. The number of nitrogens with zero attached hydrogens (tertiary/aromatic N) is 4. The lowest BCUT2D eigenvalue weighted by Gasteiger charge is -2.52. The van der Waals surface area contributed by atoms with E-state index in [0.717, 1.165) is 63.8 Å². The lowest BCUT2D eigenvalue weighted by Crippen LogP contribution is -2.70. The molecule has 3 aliphatic heterocycles. The van der Waals surface area contributed by atoms with E-state index in [9.17, 15) is 0 Å². The van der Waals surface area contributed by atoms with Crippen molar-refractivity contribution in [3.8, 4) is 0 Å². The maximum absolute atomic E-state index is 6.07. The Bertz CT molecular complexity index is 1110. The Hall–Kier alpha value is -2.44. The van der Waals surface area contributed by atoms with Gasteiger partial charge >= 0.3 is 0 Å². The molecule has 0 aromatic carbocycles. The van der Waals surface area contributed by atoms with Gasteiger partial charge in [0.2, 0.25) is 0 Å². The molecule has 2 saturated heterocycles. The molecule has 6 rings (SSSR count). The number of rotatable bonds is 2. The van der Waals surface area contributed by atoms with Crippen LogP contribution in [0.4, 0.5) is 11.5 Å². The minimum Gasteiger partial charge on any atom is -0.369 e. The van der Waals surface area contributed by atoms with Crippen molar-refractivity contribution in [3.63, 3.8) is 0 Å². The summed E-state index contributed by atoms with van der Waals surface area (Å²) in [5.41, 5.74) is 9.06. The molecular formula is C27H35N5O. The zero-order valence-corrected chi connectivity index (χ0v) is 20.3. The first kappa shape index (κ1) is 21.1. The standard InChI is InChI=1S/C27H35N5O/c1-17-9-22-23(10-18(17)2)29-20(4)11-24(22)31-12-19(3)26-21(13-31)5-6-25(30-26)32-15-27(16-32)14-28-7-8-33-27/h5-6,9,11,18-19,28H,7-8,10,12-16H2,1-4H3/t18?,19-/m0/s1. The Kier molecular flexibility index (Phi) is 5.00. The summed E-state index contributed by atoms with van der Waals surface area (Å²) >= 11 is 0. The Morgan fingerprint density at radius 2 is 1.94 bits per heavy atom. The molecule has 0 bridgehead atoms. The Labute approximate surface area is 197 Å². The van der Waals surface area contributed by atoms with E-state index in [1.165, 1.54) is 33.8 Å². The maximum Gasteiger partial charge on any atom is 0.129 e. The molecule has 33 heavy (non-hydrogen) atoms. The number of anilines is 2. The quantitative estimate of drug-likeness (QED) is 0.761. The van der Waals surface area contributed by atoms with Gasteiger partial charge in [-0.15, -0.1) is 0 Å². The van der Waals surface area contributed by atoms with Crippen LogP contribution in [0.5, 0.6) is 0 Å². The van der Waals surface area contributed by atoms with Gasteiger partial charge in [0, 0.05) is 49.0 Å². The smallest absolute Gasteiger partial charge is 0.129 e. The van der Waals surface area contributed by atoms with Gasteiger partial charge < -0.3 is 19.9 Å². The number of nitrogens with one attached hydrogen (secondary N) is 1. The third kappa shape index (κ3) is 3.64. The van der Waals surface area contributed by atoms with Crippen LogP contribution in [0.3, 0.4) is 0 Å². The van der Waals surface area contributed by atoms with E-state index >= 15 is 0 Å². The summed E-state index contributed by atoms with van der Waals surface area (Å²) in [6.45, 7) is 15.5. The largest absolute Gasteiger partial charge is 0.369 e. The van der Waals surface area contributed by atoms with Crippen molar-refractivity contribution in [1.82, 2.24) is 15.3 Å². The summed E-state index contributed by atoms with van der Waals surface area (Å²) in [5, 5.41) is 3.47. The van der Waals surface area contributed by atoms with E-state index < -0.39 is 0 Å². The fourth-order valence-corrected chi connectivity index (χ4v) is 5.95. The number of ether oxygens (including phenoxy) is 1. The maximum atomic E-state index is 6.07. The van der Waals surface area contributed by atoms with Crippen molar-refractivity contribution >= 4 is 17.6 Å². The summed E-state index contributed by atoms with van der Waals surface area (Å²) in [6.07, 6.45) is 3.41. The van der Waals surface area contributed by atoms with Crippen molar-refractivity contribution in [3.05, 3.63) is 52.0 Å². The number of aryl methyl sites for hydroxylation is 1. The van der Waals surface area contributed by atoms with Crippen molar-refractivity contribution in [2.45, 2.75) is 52.2 Å². The van der Waals surface area contributed by atoms with Gasteiger partial charge in [-0.2, -0.15) is 0 Å². The molecule has 2 atom stereocenters. The molecule has 0 amide bonds. The highest BCUT2D eigenvalue weighted by Crippen LogP contribution is 2.39. The van der Waals surface area contributed by atoms with Gasteiger partial charge in [-0.05, 0) is 43.9 Å². The number of fused-ring (bicyclic) bond motifs is 2. The van der Waals surface area contributed by atoms with Gasteiger partial charge in [0.1, 0.15) is 11.4 Å². The Morgan fingerprint density at radius 1 is 1.09 bits per heavy atom. The van der Waals surface area contributed by atoms with E-state index in [-0.39, 0.29) is 5.60 Å². The van der Waals surface area contributed by atoms with Crippen LogP contribution < -0.4 is 15.1 Å². The minimum atomic E-state index is -0.0142. The highest BCUT2D eigenvalue weighted by atomic mass is 16.5. The third-order valence-electron chi connectivity index (χ3n) is 7.97. The highest BCUT2D eigenvalue weighted by molar-refractivity contribution is 5.73. The molecule has 5 heterocycles. The number of hydrogen-bond acceptors (Lipinski definition) is 6. The minimum absolute atomic E-state index is 0.0142. The SMILES string of the molecule is CC1=Cc2c(N3Cc4ccc(N5CC6(CNCCO6)C5)nc4[C@@H](C)C3)cc(C)nc2CC1C. The molecule has 6 heteroatoms. The number of pyridine rings is 2. The molecule has 0 saturated carbocycles. The zero-order chi connectivity index (χ0) is 22.7. The van der Waals surface area contributed by atoms with Gasteiger partial charge in [0.25, 0.3) is 0 Å². The van der Waals surface area contributed by atoms with Crippen molar-refractivity contribution < 1.29 is 4.74 Å². The summed E-state index contributed by atoms with van der Waals surface area (Å²) in [5.74, 6) is 2.05. The summed E-state index contributed by atoms with van der Waals surface area (Å²) < 4.78 is 6.07. The summed E-state index contributed by atoms with van der Waals surface area (Å²) in [6, 6.07) is 6.78. The van der Waals surface area contributed by atoms with Crippen molar-refractivity contribution in [1.29, 1.82) is 0 Å². The lowest BCUT2D eigenvalue weighted by atomic mass is 9.86. The summed E-state index contributed by atoms with van der Waals surface area (Å²) in [7, 11) is 0. The highest BCUT2D eigenvalue weighted by Gasteiger charge is 2.46. The van der Waals surface area contributed by atoms with Crippen LogP contribution in [0.2, 0.25) is 0 Å². The first-order valence-corrected chi connectivity index (χ1v) is 12.4. The molecule has 1 aliphatic carbocycles. The molecule has 1 N–H and O–H groups in total. The fraction of sp³-hybridized carbons (Fsp3) is 0.556. The molecule has 2 fully saturated rings. The van der Waals surface area contributed by atoms with Crippen molar-refractivity contribution in [2.24, 2.45) is 5.92 Å². The summed E-state index contributed by atoms with van der Waals surface area (Å²) in [4.78, 5) is 15.0. The van der Waals surface area contributed by atoms with Gasteiger partial charge in [-0.1, -0.05) is 31.6 Å². The second-order valence-corrected chi connectivity index (χ2v) is 10.7. The second kappa shape index (κ2) is 7.81. The molecule has 0 radical (unpaired) electrons. The molecule has 1 unspecified atom stereocenters. The Morgan fingerprint density at radius 3 is 2.73 bits per heavy atom. The zero-order valence-electron chi connectivity index (χ0n) is 20.3. The molecule has 2 aromatic heterocycles. The second-order valence-electron chi connectivity index (χ2n) is 10.7. The van der Waals surface area contributed by atoms with Crippen LogP contribution in [0.1, 0.15) is 54.9 Å². The normalized spacial score (nSPS) is 25.9. The monoisotopic (exact) mass is 445 g/mol. The molecule has 174 valence electrons. The molecule has 6 nitrogen and oxygen atoms in total. The van der Waals surface area contributed by atoms with Crippen LogP contribution in [0, 0.1) is 12.8 Å². The molecule has 4 aliphatic rings. The predicted molar refractivity (Wildman–Crippen MR) is 133 cm³/mol. The topological polar surface area (TPSA) is 53.5 Å². The number of hydrogen-bond donors (Lipinski definition) is 1. The van der Waals surface area contributed by atoms with E-state index in [4.69, 9.17) is 14.7 Å². The van der Waals surface area contributed by atoms with Crippen LogP contribution in [0.15, 0.2) is 23.8 Å². The van der Waals surface area contributed by atoms with Crippen LogP contribution in [-0.4, -0.2) is 54.9 Å². The van der Waals surface area contributed by atoms with Crippen molar-refractivity contribution in [2.75, 3.05) is 49.1 Å². The van der Waals surface area contributed by atoms with Gasteiger partial charge in [0.05, 0.1) is 31.1 Å². The average molecular weight is 446 g/mol. The Balaban J connectivity index is 1.26. The third-order valence-corrected chi connectivity index (χ3v) is 7.97. The van der Waals surface area contributed by atoms with E-state index in [0.29, 0.717) is 11.8 Å². The molecule has 2 aromatic rings. The fourth-order valence-electron chi connectivity index (χ4n) is 5.95. The molecular weight excluding hydrogens is 410 g/mol. The van der Waals surface area contributed by atoms with Gasteiger partial charge in [0.15, 0.2) is 0 Å². The van der Waals surface area contributed by atoms with Crippen LogP contribution in [0.25, 0.3) is 6.08 Å². The number of morpholine rings is 1. The van der Waals surface area contributed by atoms with E-state index in [1.54, 1.807) is 0 Å². The average Bonchev–Trinajstić information content (AvgIpc) is 2.78. The molecule has 1 spiro atoms. The van der Waals surface area contributed by atoms with Crippen LogP contribution in [-0.2, 0) is 17.7 Å². The first-order chi connectivity index (χ1) is 15.9. The first-order valence-electron chi connectivity index (χ1n) is 12.4. The van der Waals surface area contributed by atoms with Gasteiger partial charge in [-0.25, -0.2) is 4.98 Å². The number of aromatic nitrogens is 2. The van der Waals surface area contributed by atoms with E-state index in [1.807, 2.05) is 0 Å². The number of allylic oxidation sites excluding steroid dienone is 1. The van der Waals surface area contributed by atoms with E-state index in [2.05, 4.69) is 67.1 Å². The van der Waals surface area contributed by atoms with Gasteiger partial charge in [-0.3, -0.25) is 4.98 Å². The van der Waals surface area contributed by atoms with Crippen LogP contribution >= 0.6 is 0 Å². The predicted octanol–water partition coefficient (Wildman–Crippen LogP) is 3.68.